The molecule has 3 heterocycles. The summed E-state index contributed by atoms with van der Waals surface area (Å²) in [4.78, 5) is 5.13. The Morgan fingerprint density at radius 1 is 0.636 bits per heavy atom. The van der Waals surface area contributed by atoms with Crippen molar-refractivity contribution in [2.24, 2.45) is 23.7 Å². The van der Waals surface area contributed by atoms with E-state index in [1.54, 1.807) is 0 Å². The Balaban J connectivity index is 0.977. The van der Waals surface area contributed by atoms with Crippen molar-refractivity contribution in [2.75, 3.05) is 0 Å². The summed E-state index contributed by atoms with van der Waals surface area (Å²) in [6.07, 6.45) is 10.9. The summed E-state index contributed by atoms with van der Waals surface area (Å²) in [5, 5.41) is 7.28. The molecule has 5 aromatic carbocycles. The van der Waals surface area contributed by atoms with Crippen LogP contribution in [0.15, 0.2) is 152 Å². The van der Waals surface area contributed by atoms with Crippen LogP contribution in [0.5, 0.6) is 11.5 Å². The van der Waals surface area contributed by atoms with Gasteiger partial charge in [-0.2, -0.15) is 5.10 Å². The summed E-state index contributed by atoms with van der Waals surface area (Å²) in [5.41, 5.74) is 9.66. The molecule has 4 bridgehead atoms. The predicted molar refractivity (Wildman–Crippen MR) is 221 cm³/mol. The number of nitrogens with zero attached hydrogens (tertiary/aromatic N) is 4. The SMILES string of the molecule is Cc1ccc(C2(c3ccnc(-n4c5ccccc5c5ccc(Oc6cccc(-c7ccn(Cc8ccccc8)n7)c6)cc54)c3)C3CC4CC(C3)CC2C4)cc1. The van der Waals surface area contributed by atoms with Crippen molar-refractivity contribution in [3.63, 3.8) is 0 Å². The van der Waals surface area contributed by atoms with Gasteiger partial charge in [0, 0.05) is 40.2 Å². The summed E-state index contributed by atoms with van der Waals surface area (Å²) in [5.74, 6) is 5.62. The van der Waals surface area contributed by atoms with E-state index in [0.717, 1.165) is 58.0 Å². The number of ether oxygens (including phenoxy) is 1. The topological polar surface area (TPSA) is 44.9 Å². The molecule has 0 radical (unpaired) electrons. The average Bonchev–Trinajstić information content (AvgIpc) is 3.81. The number of pyridine rings is 1. The maximum atomic E-state index is 6.64. The van der Waals surface area contributed by atoms with Gasteiger partial charge in [-0.05, 0) is 128 Å². The molecule has 4 aliphatic rings. The molecule has 270 valence electrons. The van der Waals surface area contributed by atoms with E-state index in [1.807, 2.05) is 29.1 Å². The first-order chi connectivity index (χ1) is 27.1. The number of hydrogen-bond donors (Lipinski definition) is 0. The molecule has 0 N–H and O–H groups in total. The van der Waals surface area contributed by atoms with Gasteiger partial charge < -0.3 is 4.74 Å². The van der Waals surface area contributed by atoms with Gasteiger partial charge in [-0.1, -0.05) is 90.5 Å². The number of rotatable bonds is 8. The zero-order chi connectivity index (χ0) is 36.5. The Morgan fingerprint density at radius 2 is 1.38 bits per heavy atom. The van der Waals surface area contributed by atoms with E-state index in [1.165, 1.54) is 65.1 Å². The summed E-state index contributed by atoms with van der Waals surface area (Å²) in [6.45, 7) is 2.94. The molecule has 5 heteroatoms. The lowest BCUT2D eigenvalue weighted by Crippen LogP contribution is -2.56. The third kappa shape index (κ3) is 5.43. The molecule has 0 amide bonds. The highest BCUT2D eigenvalue weighted by Gasteiger charge is 2.58. The zero-order valence-electron chi connectivity index (χ0n) is 31.2. The molecular weight excluding hydrogens is 673 g/mol. The van der Waals surface area contributed by atoms with Crippen LogP contribution in [0, 0.1) is 30.6 Å². The quantitative estimate of drug-likeness (QED) is 0.157. The molecule has 0 atom stereocenters. The maximum Gasteiger partial charge on any atom is 0.137 e. The van der Waals surface area contributed by atoms with Crippen LogP contribution in [0.1, 0.15) is 54.4 Å². The number of hydrogen-bond acceptors (Lipinski definition) is 3. The van der Waals surface area contributed by atoms with Crippen molar-refractivity contribution >= 4 is 21.8 Å². The second-order valence-corrected chi connectivity index (χ2v) is 16.5. The van der Waals surface area contributed by atoms with E-state index in [-0.39, 0.29) is 5.41 Å². The van der Waals surface area contributed by atoms with E-state index in [4.69, 9.17) is 14.8 Å². The monoisotopic (exact) mass is 716 g/mol. The lowest BCUT2D eigenvalue weighted by molar-refractivity contribution is -0.0418. The Bertz CT molecular complexity index is 2660. The van der Waals surface area contributed by atoms with E-state index in [9.17, 15) is 0 Å². The third-order valence-electron chi connectivity index (χ3n) is 13.2. The molecule has 12 rings (SSSR count). The van der Waals surface area contributed by atoms with Gasteiger partial charge >= 0.3 is 0 Å². The van der Waals surface area contributed by atoms with Crippen LogP contribution < -0.4 is 4.74 Å². The van der Waals surface area contributed by atoms with Gasteiger partial charge in [-0.3, -0.25) is 9.25 Å². The van der Waals surface area contributed by atoms with Crippen LogP contribution in [-0.4, -0.2) is 19.3 Å². The molecule has 5 nitrogen and oxygen atoms in total. The molecule has 0 spiro atoms. The number of aryl methyl sites for hydroxylation is 1. The number of aromatic nitrogens is 4. The average molecular weight is 717 g/mol. The second-order valence-electron chi connectivity index (χ2n) is 16.5. The fraction of sp³-hybridized carbons (Fsp3) is 0.240. The first-order valence-electron chi connectivity index (χ1n) is 20.0. The molecule has 4 aliphatic carbocycles. The van der Waals surface area contributed by atoms with Crippen LogP contribution in [0.25, 0.3) is 38.9 Å². The van der Waals surface area contributed by atoms with Crippen LogP contribution in [0.3, 0.4) is 0 Å². The molecule has 4 saturated carbocycles. The number of para-hydroxylation sites is 1. The van der Waals surface area contributed by atoms with Gasteiger partial charge in [0.05, 0.1) is 23.3 Å². The van der Waals surface area contributed by atoms with Gasteiger partial charge in [0.2, 0.25) is 0 Å². The molecule has 0 unspecified atom stereocenters. The normalized spacial score (nSPS) is 22.8. The molecule has 3 aromatic heterocycles. The second kappa shape index (κ2) is 12.8. The maximum absolute atomic E-state index is 6.64. The Hall–Kier alpha value is -5.94. The van der Waals surface area contributed by atoms with E-state index in [0.29, 0.717) is 11.8 Å². The molecule has 55 heavy (non-hydrogen) atoms. The molecule has 0 saturated heterocycles. The van der Waals surface area contributed by atoms with Crippen LogP contribution in [0.4, 0.5) is 0 Å². The first kappa shape index (κ1) is 32.5. The van der Waals surface area contributed by atoms with Crippen molar-refractivity contribution in [1.82, 2.24) is 19.3 Å². The summed E-state index contributed by atoms with van der Waals surface area (Å²) in [6, 6.07) is 50.2. The summed E-state index contributed by atoms with van der Waals surface area (Å²) < 4.78 is 11.0. The standard InChI is InChI=1S/C50H44N4O/c1-33-14-16-38(17-15-33)50(40-25-35-24-36(27-40)28-41(50)26-35)39-20-22-51-49(30-39)54-47-13-6-5-12-44(47)45-19-18-43(31-48(45)54)55-42-11-7-10-37(29-42)46-21-23-53(52-46)32-34-8-3-2-4-9-34/h2-23,29-31,35-36,40-41H,24-28,32H2,1H3. The van der Waals surface area contributed by atoms with Gasteiger partial charge in [-0.25, -0.2) is 4.98 Å². The Kier molecular flexibility index (Phi) is 7.58. The molecular formula is C50H44N4O. The summed E-state index contributed by atoms with van der Waals surface area (Å²) in [7, 11) is 0. The Morgan fingerprint density at radius 3 is 2.20 bits per heavy atom. The van der Waals surface area contributed by atoms with Gasteiger partial charge in [-0.15, -0.1) is 0 Å². The van der Waals surface area contributed by atoms with Crippen LogP contribution in [0.2, 0.25) is 0 Å². The minimum absolute atomic E-state index is 0.00817. The highest BCUT2D eigenvalue weighted by molar-refractivity contribution is 6.09. The fourth-order valence-corrected chi connectivity index (χ4v) is 11.2. The third-order valence-corrected chi connectivity index (χ3v) is 13.2. The molecule has 4 fully saturated rings. The smallest absolute Gasteiger partial charge is 0.137 e. The van der Waals surface area contributed by atoms with E-state index >= 15 is 0 Å². The summed E-state index contributed by atoms with van der Waals surface area (Å²) >= 11 is 0. The molecule has 0 aliphatic heterocycles. The van der Waals surface area contributed by atoms with Gasteiger partial charge in [0.15, 0.2) is 0 Å². The lowest BCUT2D eigenvalue weighted by Gasteiger charge is -2.62. The number of fused-ring (bicyclic) bond motifs is 3. The van der Waals surface area contributed by atoms with Gasteiger partial charge in [0.1, 0.15) is 17.3 Å². The van der Waals surface area contributed by atoms with E-state index in [2.05, 4.69) is 139 Å². The highest BCUT2D eigenvalue weighted by Crippen LogP contribution is 2.65. The zero-order valence-corrected chi connectivity index (χ0v) is 31.2. The van der Waals surface area contributed by atoms with Crippen molar-refractivity contribution in [3.8, 4) is 28.6 Å². The lowest BCUT2D eigenvalue weighted by atomic mass is 9.42. The largest absolute Gasteiger partial charge is 0.457 e. The fourth-order valence-electron chi connectivity index (χ4n) is 11.2. The van der Waals surface area contributed by atoms with Crippen LogP contribution >= 0.6 is 0 Å². The van der Waals surface area contributed by atoms with Crippen molar-refractivity contribution in [3.05, 3.63) is 174 Å². The highest BCUT2D eigenvalue weighted by atomic mass is 16.5. The van der Waals surface area contributed by atoms with Crippen LogP contribution in [-0.2, 0) is 12.0 Å². The minimum atomic E-state index is 0.00817. The Labute approximate surface area is 322 Å². The van der Waals surface area contributed by atoms with Crippen molar-refractivity contribution < 1.29 is 4.74 Å². The van der Waals surface area contributed by atoms with E-state index < -0.39 is 0 Å². The number of benzene rings is 5. The minimum Gasteiger partial charge on any atom is -0.457 e. The first-order valence-corrected chi connectivity index (χ1v) is 20.0. The van der Waals surface area contributed by atoms with Crippen molar-refractivity contribution in [2.45, 2.75) is 51.0 Å². The molecule has 8 aromatic rings. The predicted octanol–water partition coefficient (Wildman–Crippen LogP) is 11.9. The van der Waals surface area contributed by atoms with Crippen molar-refractivity contribution in [1.29, 1.82) is 0 Å². The van der Waals surface area contributed by atoms with Gasteiger partial charge in [0.25, 0.3) is 0 Å².